The minimum atomic E-state index is -4.72. The number of carbonyl (C=O) groups excluding carboxylic acids is 2. The lowest BCUT2D eigenvalue weighted by molar-refractivity contribution is -0.137. The zero-order valence-electron chi connectivity index (χ0n) is 16.7. The Balaban J connectivity index is 2.31. The van der Waals surface area contributed by atoms with Crippen LogP contribution < -0.4 is 15.8 Å². The predicted octanol–water partition coefficient (Wildman–Crippen LogP) is 2.36. The van der Waals surface area contributed by atoms with E-state index in [9.17, 15) is 28.0 Å². The molecule has 31 heavy (non-hydrogen) atoms. The van der Waals surface area contributed by atoms with Crippen LogP contribution in [0.4, 0.5) is 24.9 Å². The molecule has 0 bridgehead atoms. The van der Waals surface area contributed by atoms with Gasteiger partial charge < -0.3 is 20.5 Å². The van der Waals surface area contributed by atoms with Gasteiger partial charge in [0.25, 0.3) is 0 Å². The van der Waals surface area contributed by atoms with Crippen molar-refractivity contribution in [1.29, 1.82) is 5.26 Å². The highest BCUT2D eigenvalue weighted by Crippen LogP contribution is 2.31. The average molecular weight is 437 g/mol. The van der Waals surface area contributed by atoms with Gasteiger partial charge in [0.15, 0.2) is 17.2 Å². The molecule has 1 aromatic heterocycles. The molecule has 0 aliphatic carbocycles. The van der Waals surface area contributed by atoms with E-state index in [-0.39, 0.29) is 34.3 Å². The first-order valence-corrected chi connectivity index (χ1v) is 8.70. The molecule has 164 valence electrons. The number of anilines is 2. The van der Waals surface area contributed by atoms with E-state index >= 15 is 0 Å². The Hall–Kier alpha value is -3.88. The van der Waals surface area contributed by atoms with Crippen LogP contribution in [0.25, 0.3) is 0 Å². The first kappa shape index (κ1) is 23.4. The van der Waals surface area contributed by atoms with Crippen molar-refractivity contribution in [3.05, 3.63) is 40.5 Å². The third-order valence-corrected chi connectivity index (χ3v) is 4.15. The Morgan fingerprint density at radius 2 is 1.94 bits per heavy atom. The fourth-order valence-electron chi connectivity index (χ4n) is 2.64. The molecular weight excluding hydrogens is 419 g/mol. The molecule has 0 saturated heterocycles. The highest BCUT2D eigenvalue weighted by molar-refractivity contribution is 5.91. The van der Waals surface area contributed by atoms with E-state index in [1.165, 1.54) is 14.0 Å². The number of halogens is 3. The summed E-state index contributed by atoms with van der Waals surface area (Å²) in [6.07, 6.45) is -5.15. The molecule has 0 radical (unpaired) electrons. The Labute approximate surface area is 175 Å². The number of hydrogen-bond acceptors (Lipinski definition) is 9. The van der Waals surface area contributed by atoms with Gasteiger partial charge in [0.1, 0.15) is 6.07 Å². The summed E-state index contributed by atoms with van der Waals surface area (Å²) in [5, 5.41) is 12.0. The number of nitriles is 1. The van der Waals surface area contributed by atoms with Crippen molar-refractivity contribution in [2.24, 2.45) is 0 Å². The van der Waals surface area contributed by atoms with Gasteiger partial charge in [0.05, 0.1) is 31.4 Å². The third kappa shape index (κ3) is 5.59. The number of nitrogens with zero attached hydrogens (tertiary/aromatic N) is 3. The zero-order valence-corrected chi connectivity index (χ0v) is 16.7. The van der Waals surface area contributed by atoms with Crippen LogP contribution in [0.2, 0.25) is 0 Å². The van der Waals surface area contributed by atoms with Gasteiger partial charge in [-0.1, -0.05) is 0 Å². The molecule has 0 saturated carbocycles. The third-order valence-electron chi connectivity index (χ3n) is 4.15. The number of ether oxygens (including phenoxy) is 2. The predicted molar refractivity (Wildman–Crippen MR) is 102 cm³/mol. The number of rotatable bonds is 7. The normalized spacial score (nSPS) is 11.9. The van der Waals surface area contributed by atoms with Crippen molar-refractivity contribution in [3.63, 3.8) is 0 Å². The molecule has 0 unspecified atom stereocenters. The van der Waals surface area contributed by atoms with Gasteiger partial charge in [0, 0.05) is 6.42 Å². The van der Waals surface area contributed by atoms with E-state index < -0.39 is 36.0 Å². The van der Waals surface area contributed by atoms with E-state index in [0.717, 1.165) is 19.2 Å². The summed E-state index contributed by atoms with van der Waals surface area (Å²) in [5.74, 6) is -1.87. The maximum absolute atomic E-state index is 13.2. The molecule has 0 spiro atoms. The maximum atomic E-state index is 13.2. The van der Waals surface area contributed by atoms with Crippen molar-refractivity contribution in [3.8, 4) is 11.9 Å². The highest BCUT2D eigenvalue weighted by atomic mass is 19.4. The molecule has 0 fully saturated rings. The van der Waals surface area contributed by atoms with Gasteiger partial charge in [-0.15, -0.1) is 0 Å². The van der Waals surface area contributed by atoms with Crippen LogP contribution in [-0.4, -0.2) is 42.0 Å². The average Bonchev–Trinajstić information content (AvgIpc) is 2.71. The number of esters is 1. The van der Waals surface area contributed by atoms with Gasteiger partial charge in [0.2, 0.25) is 11.8 Å². The summed E-state index contributed by atoms with van der Waals surface area (Å²) in [6, 6.07) is 3.44. The highest BCUT2D eigenvalue weighted by Gasteiger charge is 2.32. The van der Waals surface area contributed by atoms with Gasteiger partial charge in [-0.3, -0.25) is 4.79 Å². The standard InChI is InChI=1S/C19H18F3N5O4/c1-9(25-15-13(8-23)16(30-2)27-18(24)26-15)14(28)6-10-4-11(17(29)31-3)7-12(5-10)19(20,21)22/h4-5,7,9H,6H2,1-3H3,(H3,24,25,26,27)/t9-/m0/s1. The number of hydrogen-bond donors (Lipinski definition) is 2. The second-order valence-corrected chi connectivity index (χ2v) is 6.34. The van der Waals surface area contributed by atoms with Crippen molar-refractivity contribution in [2.75, 3.05) is 25.3 Å². The van der Waals surface area contributed by atoms with Crippen LogP contribution in [0.15, 0.2) is 18.2 Å². The second kappa shape index (κ2) is 9.29. The van der Waals surface area contributed by atoms with Crippen LogP contribution in [0, 0.1) is 11.3 Å². The Bertz CT molecular complexity index is 1050. The largest absolute Gasteiger partial charge is 0.480 e. The fraction of sp³-hybridized carbons (Fsp3) is 0.316. The maximum Gasteiger partial charge on any atom is 0.416 e. The molecule has 0 aliphatic rings. The van der Waals surface area contributed by atoms with Gasteiger partial charge in [-0.05, 0) is 30.7 Å². The SMILES string of the molecule is COC(=O)c1cc(CC(=O)[C@H](C)Nc2nc(N)nc(OC)c2C#N)cc(C(F)(F)F)c1. The monoisotopic (exact) mass is 437 g/mol. The van der Waals surface area contributed by atoms with E-state index in [4.69, 9.17) is 10.5 Å². The summed E-state index contributed by atoms with van der Waals surface area (Å²) >= 11 is 0. The summed E-state index contributed by atoms with van der Waals surface area (Å²) in [5.41, 5.74) is 4.02. The molecule has 1 aromatic carbocycles. The van der Waals surface area contributed by atoms with Gasteiger partial charge >= 0.3 is 12.1 Å². The Kier molecular flexibility index (Phi) is 7.01. The van der Waals surface area contributed by atoms with Crippen LogP contribution >= 0.6 is 0 Å². The summed E-state index contributed by atoms with van der Waals surface area (Å²) in [7, 11) is 2.31. The van der Waals surface area contributed by atoms with Crippen LogP contribution in [0.5, 0.6) is 5.88 Å². The molecule has 1 heterocycles. The lowest BCUT2D eigenvalue weighted by atomic mass is 9.99. The molecule has 0 amide bonds. The number of nitrogen functional groups attached to an aromatic ring is 1. The number of ketones is 1. The Morgan fingerprint density at radius 3 is 2.48 bits per heavy atom. The van der Waals surface area contributed by atoms with Crippen LogP contribution in [-0.2, 0) is 22.1 Å². The molecule has 3 N–H and O–H groups in total. The number of Topliss-reactive ketones (excluding diaryl/α,β-unsaturated/α-hetero) is 1. The van der Waals surface area contributed by atoms with Crippen molar-refractivity contribution >= 4 is 23.5 Å². The molecular formula is C19H18F3N5O4. The number of alkyl halides is 3. The van der Waals surface area contributed by atoms with Gasteiger partial charge in [-0.2, -0.15) is 28.4 Å². The van der Waals surface area contributed by atoms with E-state index in [2.05, 4.69) is 20.0 Å². The molecule has 2 aromatic rings. The summed E-state index contributed by atoms with van der Waals surface area (Å²) < 4.78 is 49.0. The molecule has 12 heteroatoms. The molecule has 2 rings (SSSR count). The number of nitrogens with two attached hydrogens (primary N) is 1. The molecule has 9 nitrogen and oxygen atoms in total. The molecule has 1 atom stereocenters. The van der Waals surface area contributed by atoms with Gasteiger partial charge in [-0.25, -0.2) is 4.79 Å². The number of carbonyl (C=O) groups is 2. The summed E-state index contributed by atoms with van der Waals surface area (Å²) in [6.45, 7) is 1.43. The number of aromatic nitrogens is 2. The number of methoxy groups -OCH3 is 2. The topological polar surface area (TPSA) is 140 Å². The quantitative estimate of drug-likeness (QED) is 0.625. The number of benzene rings is 1. The summed E-state index contributed by atoms with van der Waals surface area (Å²) in [4.78, 5) is 32.0. The first-order valence-electron chi connectivity index (χ1n) is 8.70. The first-order chi connectivity index (χ1) is 14.5. The molecule has 0 aliphatic heterocycles. The van der Waals surface area contributed by atoms with Crippen molar-refractivity contribution in [2.45, 2.75) is 25.6 Å². The minimum Gasteiger partial charge on any atom is -0.480 e. The van der Waals surface area contributed by atoms with Crippen LogP contribution in [0.1, 0.15) is 34.0 Å². The van der Waals surface area contributed by atoms with Crippen LogP contribution in [0.3, 0.4) is 0 Å². The number of nitrogens with one attached hydrogen (secondary N) is 1. The fourth-order valence-corrected chi connectivity index (χ4v) is 2.64. The van der Waals surface area contributed by atoms with E-state index in [1.54, 1.807) is 0 Å². The van der Waals surface area contributed by atoms with E-state index in [0.29, 0.717) is 6.07 Å². The minimum absolute atomic E-state index is 0.0332. The zero-order chi connectivity index (χ0) is 23.3. The smallest absolute Gasteiger partial charge is 0.416 e. The second-order valence-electron chi connectivity index (χ2n) is 6.34. The Morgan fingerprint density at radius 1 is 1.26 bits per heavy atom. The van der Waals surface area contributed by atoms with E-state index in [1.807, 2.05) is 6.07 Å². The lowest BCUT2D eigenvalue weighted by Crippen LogP contribution is -2.29. The van der Waals surface area contributed by atoms with Crippen molar-refractivity contribution < 1.29 is 32.2 Å². The van der Waals surface area contributed by atoms with Crippen molar-refractivity contribution in [1.82, 2.24) is 9.97 Å². The lowest BCUT2D eigenvalue weighted by Gasteiger charge is -2.16.